The van der Waals surface area contributed by atoms with Crippen LogP contribution in [0.2, 0.25) is 0 Å². The van der Waals surface area contributed by atoms with Gasteiger partial charge >= 0.3 is 5.97 Å². The maximum absolute atomic E-state index is 10.9. The van der Waals surface area contributed by atoms with E-state index in [1.807, 2.05) is 0 Å². The van der Waals surface area contributed by atoms with Gasteiger partial charge in [-0.05, 0) is 50.4 Å². The van der Waals surface area contributed by atoms with Gasteiger partial charge in [-0.25, -0.2) is 0 Å². The normalized spacial score (nSPS) is 12.5. The van der Waals surface area contributed by atoms with Crippen LogP contribution in [0.4, 0.5) is 0 Å². The SMILES string of the molecule is COC(=O)CCC/C=C\C/C=C\C/C=C\C/C=C\C(C)(C)CCCCC#N. The fourth-order valence-electron chi connectivity index (χ4n) is 2.56. The third-order valence-electron chi connectivity index (χ3n) is 4.22. The van der Waals surface area contributed by atoms with Gasteiger partial charge in [0.25, 0.3) is 0 Å². The molecule has 3 nitrogen and oxygen atoms in total. The molecular weight excluding hydrogens is 334 g/mol. The first-order chi connectivity index (χ1) is 13.0. The fraction of sp³-hybridized carbons (Fsp3) is 0.583. The molecule has 0 fully saturated rings. The molecule has 0 aromatic carbocycles. The minimum absolute atomic E-state index is 0.135. The second-order valence-corrected chi connectivity index (χ2v) is 7.35. The zero-order valence-electron chi connectivity index (χ0n) is 17.5. The summed E-state index contributed by atoms with van der Waals surface area (Å²) in [6.07, 6.45) is 26.6. The number of carbonyl (C=O) groups is 1. The number of rotatable bonds is 15. The van der Waals surface area contributed by atoms with Crippen molar-refractivity contribution < 1.29 is 9.53 Å². The first-order valence-electron chi connectivity index (χ1n) is 10.1. The predicted molar refractivity (Wildman–Crippen MR) is 114 cm³/mol. The molecule has 0 spiro atoms. The van der Waals surface area contributed by atoms with Crippen molar-refractivity contribution in [2.24, 2.45) is 5.41 Å². The quantitative estimate of drug-likeness (QED) is 0.180. The molecule has 3 heteroatoms. The van der Waals surface area contributed by atoms with Crippen molar-refractivity contribution in [1.29, 1.82) is 5.26 Å². The van der Waals surface area contributed by atoms with E-state index < -0.39 is 0 Å². The van der Waals surface area contributed by atoms with Crippen LogP contribution in [0.3, 0.4) is 0 Å². The number of nitrogens with zero attached hydrogens (tertiary/aromatic N) is 1. The summed E-state index contributed by atoms with van der Waals surface area (Å²) in [5.41, 5.74) is 0.215. The number of nitriles is 1. The summed E-state index contributed by atoms with van der Waals surface area (Å²) in [6.45, 7) is 4.51. The fourth-order valence-corrected chi connectivity index (χ4v) is 2.56. The van der Waals surface area contributed by atoms with Gasteiger partial charge in [0.1, 0.15) is 0 Å². The summed E-state index contributed by atoms with van der Waals surface area (Å²) in [7, 11) is 1.43. The monoisotopic (exact) mass is 371 g/mol. The van der Waals surface area contributed by atoms with E-state index in [1.165, 1.54) is 7.11 Å². The first-order valence-corrected chi connectivity index (χ1v) is 10.1. The van der Waals surface area contributed by atoms with Crippen LogP contribution in [0.5, 0.6) is 0 Å². The van der Waals surface area contributed by atoms with Crippen molar-refractivity contribution in [3.63, 3.8) is 0 Å². The maximum atomic E-state index is 10.9. The molecule has 150 valence electrons. The van der Waals surface area contributed by atoms with E-state index in [1.54, 1.807) is 0 Å². The Hall–Kier alpha value is -2.08. The number of ether oxygens (including phenoxy) is 1. The molecular formula is C24H37NO2. The summed E-state index contributed by atoms with van der Waals surface area (Å²) >= 11 is 0. The highest BCUT2D eigenvalue weighted by atomic mass is 16.5. The van der Waals surface area contributed by atoms with E-state index in [9.17, 15) is 4.79 Å². The van der Waals surface area contributed by atoms with E-state index in [0.29, 0.717) is 12.8 Å². The third-order valence-corrected chi connectivity index (χ3v) is 4.22. The van der Waals surface area contributed by atoms with E-state index in [4.69, 9.17) is 5.26 Å². The summed E-state index contributed by atoms with van der Waals surface area (Å²) in [4.78, 5) is 10.9. The van der Waals surface area contributed by atoms with Gasteiger partial charge in [-0.2, -0.15) is 5.26 Å². The van der Waals surface area contributed by atoms with Gasteiger partial charge < -0.3 is 4.74 Å². The van der Waals surface area contributed by atoms with Gasteiger partial charge in [0.05, 0.1) is 13.2 Å². The highest BCUT2D eigenvalue weighted by Gasteiger charge is 2.12. The Bertz CT molecular complexity index is 533. The Balaban J connectivity index is 3.72. The van der Waals surface area contributed by atoms with Crippen LogP contribution < -0.4 is 0 Å². The van der Waals surface area contributed by atoms with Crippen molar-refractivity contribution >= 4 is 5.97 Å². The number of methoxy groups -OCH3 is 1. The average Bonchev–Trinajstić information content (AvgIpc) is 2.65. The van der Waals surface area contributed by atoms with Crippen LogP contribution in [0.25, 0.3) is 0 Å². The molecule has 0 bridgehead atoms. The van der Waals surface area contributed by atoms with Gasteiger partial charge in [-0.1, -0.05) is 68.9 Å². The molecule has 0 saturated carbocycles. The molecule has 0 rings (SSSR count). The molecule has 0 aliphatic rings. The van der Waals surface area contributed by atoms with Crippen LogP contribution in [0.15, 0.2) is 48.6 Å². The lowest BCUT2D eigenvalue weighted by atomic mass is 9.86. The molecule has 0 heterocycles. The largest absolute Gasteiger partial charge is 0.469 e. The Morgan fingerprint density at radius 2 is 1.52 bits per heavy atom. The van der Waals surface area contributed by atoms with Gasteiger partial charge in [0.2, 0.25) is 0 Å². The highest BCUT2D eigenvalue weighted by molar-refractivity contribution is 5.69. The van der Waals surface area contributed by atoms with Crippen molar-refractivity contribution in [2.75, 3.05) is 7.11 Å². The van der Waals surface area contributed by atoms with Crippen LogP contribution in [0, 0.1) is 16.7 Å². The minimum atomic E-state index is -0.135. The zero-order chi connectivity index (χ0) is 20.2. The smallest absolute Gasteiger partial charge is 0.305 e. The Kier molecular flexibility index (Phi) is 16.0. The summed E-state index contributed by atoms with van der Waals surface area (Å²) in [5, 5.41) is 8.56. The first kappa shape index (κ1) is 24.9. The second kappa shape index (κ2) is 17.3. The number of hydrogen-bond acceptors (Lipinski definition) is 3. The molecule has 0 aliphatic carbocycles. The third kappa shape index (κ3) is 18.5. The topological polar surface area (TPSA) is 50.1 Å². The summed E-state index contributed by atoms with van der Waals surface area (Å²) in [5.74, 6) is -0.135. The van der Waals surface area contributed by atoms with Gasteiger partial charge in [-0.3, -0.25) is 4.79 Å². The number of unbranched alkanes of at least 4 members (excludes halogenated alkanes) is 3. The van der Waals surface area contributed by atoms with Gasteiger partial charge in [0, 0.05) is 12.8 Å². The Morgan fingerprint density at radius 1 is 0.926 bits per heavy atom. The van der Waals surface area contributed by atoms with Crippen LogP contribution in [-0.4, -0.2) is 13.1 Å². The average molecular weight is 372 g/mol. The summed E-state index contributed by atoms with van der Waals surface area (Å²) in [6, 6.07) is 2.20. The zero-order valence-corrected chi connectivity index (χ0v) is 17.5. The van der Waals surface area contributed by atoms with Crippen molar-refractivity contribution in [3.05, 3.63) is 48.6 Å². The molecule has 0 aromatic rings. The van der Waals surface area contributed by atoms with Crippen molar-refractivity contribution in [3.8, 4) is 6.07 Å². The number of carbonyl (C=O) groups excluding carboxylic acids is 1. The minimum Gasteiger partial charge on any atom is -0.469 e. The molecule has 0 unspecified atom stereocenters. The molecule has 0 amide bonds. The molecule has 0 atom stereocenters. The molecule has 0 N–H and O–H groups in total. The van der Waals surface area contributed by atoms with Crippen LogP contribution in [-0.2, 0) is 9.53 Å². The summed E-state index contributed by atoms with van der Waals surface area (Å²) < 4.78 is 4.60. The molecule has 0 saturated heterocycles. The number of allylic oxidation sites excluding steroid dienone is 8. The second-order valence-electron chi connectivity index (χ2n) is 7.35. The molecule has 27 heavy (non-hydrogen) atoms. The molecule has 0 aliphatic heterocycles. The van der Waals surface area contributed by atoms with Crippen molar-refractivity contribution in [2.45, 2.75) is 78.1 Å². The van der Waals surface area contributed by atoms with E-state index in [0.717, 1.165) is 51.4 Å². The van der Waals surface area contributed by atoms with Crippen LogP contribution >= 0.6 is 0 Å². The Labute approximate surface area is 166 Å². The standard InChI is InChI=1S/C24H37NO2/c1-24(2,21-17-14-18-22-25)20-16-13-11-9-7-5-4-6-8-10-12-15-19-23(26)27-3/h4-5,8-11,16,20H,6-7,12-15,17-19,21H2,1-3H3/b5-4-,10-8-,11-9-,20-16-. The Morgan fingerprint density at radius 3 is 2.11 bits per heavy atom. The molecule has 0 aromatic heterocycles. The van der Waals surface area contributed by atoms with E-state index in [2.05, 4.69) is 73.3 Å². The van der Waals surface area contributed by atoms with Gasteiger partial charge in [-0.15, -0.1) is 0 Å². The lowest BCUT2D eigenvalue weighted by Gasteiger charge is -2.19. The predicted octanol–water partition coefficient (Wildman–Crippen LogP) is 6.83. The van der Waals surface area contributed by atoms with E-state index >= 15 is 0 Å². The number of esters is 1. The molecule has 0 radical (unpaired) electrons. The number of hydrogen-bond donors (Lipinski definition) is 0. The maximum Gasteiger partial charge on any atom is 0.305 e. The van der Waals surface area contributed by atoms with Gasteiger partial charge in [0.15, 0.2) is 0 Å². The van der Waals surface area contributed by atoms with E-state index in [-0.39, 0.29) is 11.4 Å². The lowest BCUT2D eigenvalue weighted by molar-refractivity contribution is -0.140. The lowest BCUT2D eigenvalue weighted by Crippen LogP contribution is -2.06. The van der Waals surface area contributed by atoms with Crippen LogP contribution in [0.1, 0.15) is 78.1 Å². The highest BCUT2D eigenvalue weighted by Crippen LogP contribution is 2.25. The van der Waals surface area contributed by atoms with Crippen molar-refractivity contribution in [1.82, 2.24) is 0 Å².